The normalized spacial score (nSPS) is 9.75. The number of carbonyl (C=O) groups excluding carboxylic acids is 1. The second kappa shape index (κ2) is 7.16. The summed E-state index contributed by atoms with van der Waals surface area (Å²) in [6.07, 6.45) is 1.97. The van der Waals surface area contributed by atoms with Crippen molar-refractivity contribution in [2.75, 3.05) is 11.5 Å². The molecule has 0 atom stereocenters. The maximum atomic E-state index is 10.6. The third-order valence-corrected chi connectivity index (χ3v) is 2.55. The van der Waals surface area contributed by atoms with Gasteiger partial charge in [0, 0.05) is 6.42 Å². The zero-order valence-corrected chi connectivity index (χ0v) is 8.02. The molecule has 0 aliphatic rings. The van der Waals surface area contributed by atoms with Crippen molar-refractivity contribution in [2.45, 2.75) is 26.2 Å². The number of hydrogen-bond donors (Lipinski definition) is 1. The largest absolute Gasteiger partial charge is 0.476 e. The molecule has 12 heavy (non-hydrogen) atoms. The minimum Gasteiger partial charge on any atom is -0.476 e. The second-order valence-electron chi connectivity index (χ2n) is 2.44. The van der Waals surface area contributed by atoms with Gasteiger partial charge in [-0.3, -0.25) is 4.79 Å². The Hall–Kier alpha value is -0.510. The molecule has 70 valence electrons. The molecule has 4 heteroatoms. The van der Waals surface area contributed by atoms with Crippen molar-refractivity contribution < 1.29 is 14.7 Å². The Kier molecular flexibility index (Phi) is 6.85. The molecule has 0 rings (SSSR count). The van der Waals surface area contributed by atoms with Crippen LogP contribution in [0.5, 0.6) is 0 Å². The van der Waals surface area contributed by atoms with Crippen molar-refractivity contribution in [2.24, 2.45) is 0 Å². The van der Waals surface area contributed by atoms with Gasteiger partial charge in [0.05, 0.1) is 0 Å². The SMILES string of the molecule is CCCSCCCC(=O)C(=O)O. The first kappa shape index (κ1) is 11.5. The van der Waals surface area contributed by atoms with E-state index in [1.807, 2.05) is 0 Å². The van der Waals surface area contributed by atoms with E-state index in [4.69, 9.17) is 5.11 Å². The van der Waals surface area contributed by atoms with E-state index in [1.165, 1.54) is 0 Å². The van der Waals surface area contributed by atoms with Gasteiger partial charge in [-0.2, -0.15) is 11.8 Å². The van der Waals surface area contributed by atoms with Crippen LogP contribution < -0.4 is 0 Å². The molecule has 0 bridgehead atoms. The van der Waals surface area contributed by atoms with Gasteiger partial charge in [0.2, 0.25) is 5.78 Å². The lowest BCUT2D eigenvalue weighted by Gasteiger charge is -1.96. The Morgan fingerprint density at radius 1 is 1.33 bits per heavy atom. The van der Waals surface area contributed by atoms with Crippen LogP contribution in [0.15, 0.2) is 0 Å². The van der Waals surface area contributed by atoms with E-state index < -0.39 is 11.8 Å². The van der Waals surface area contributed by atoms with Crippen molar-refractivity contribution in [1.29, 1.82) is 0 Å². The molecule has 0 saturated carbocycles. The number of carbonyl (C=O) groups is 2. The van der Waals surface area contributed by atoms with Gasteiger partial charge in [-0.1, -0.05) is 6.92 Å². The Labute approximate surface area is 76.5 Å². The lowest BCUT2D eigenvalue weighted by molar-refractivity contribution is -0.149. The number of thioether (sulfide) groups is 1. The van der Waals surface area contributed by atoms with Crippen LogP contribution >= 0.6 is 11.8 Å². The minimum absolute atomic E-state index is 0.173. The third-order valence-electron chi connectivity index (χ3n) is 1.28. The lowest BCUT2D eigenvalue weighted by Crippen LogP contribution is -2.12. The standard InChI is InChI=1S/C8H14O3S/c1-2-5-12-6-3-4-7(9)8(10)11/h2-6H2,1H3,(H,10,11). The van der Waals surface area contributed by atoms with Gasteiger partial charge in [0.25, 0.3) is 0 Å². The Morgan fingerprint density at radius 3 is 2.50 bits per heavy atom. The van der Waals surface area contributed by atoms with E-state index in [9.17, 15) is 9.59 Å². The molecule has 0 spiro atoms. The number of Topliss-reactive ketones (excluding diaryl/α,β-unsaturated/α-hetero) is 1. The first-order valence-electron chi connectivity index (χ1n) is 4.02. The van der Waals surface area contributed by atoms with Crippen LogP contribution in [0.4, 0.5) is 0 Å². The van der Waals surface area contributed by atoms with Crippen molar-refractivity contribution in [3.05, 3.63) is 0 Å². The highest BCUT2D eigenvalue weighted by Gasteiger charge is 2.09. The van der Waals surface area contributed by atoms with Crippen LogP contribution in [0.2, 0.25) is 0 Å². The monoisotopic (exact) mass is 190 g/mol. The van der Waals surface area contributed by atoms with Crippen LogP contribution in [0.3, 0.4) is 0 Å². The number of carboxylic acids is 1. The van der Waals surface area contributed by atoms with Crippen molar-refractivity contribution in [3.8, 4) is 0 Å². The van der Waals surface area contributed by atoms with Crippen molar-refractivity contribution in [1.82, 2.24) is 0 Å². The molecule has 0 aromatic carbocycles. The summed E-state index contributed by atoms with van der Waals surface area (Å²) in [5.74, 6) is -0.0173. The predicted octanol–water partition coefficient (Wildman–Crippen LogP) is 1.56. The minimum atomic E-state index is -1.31. The summed E-state index contributed by atoms with van der Waals surface area (Å²) < 4.78 is 0. The van der Waals surface area contributed by atoms with E-state index in [0.29, 0.717) is 6.42 Å². The summed E-state index contributed by atoms with van der Waals surface area (Å²) in [5.41, 5.74) is 0. The van der Waals surface area contributed by atoms with Crippen LogP contribution in [-0.4, -0.2) is 28.4 Å². The zero-order chi connectivity index (χ0) is 9.40. The Balaban J connectivity index is 3.20. The molecule has 0 aromatic rings. The molecule has 0 aromatic heterocycles. The molecule has 0 amide bonds. The molecule has 1 N–H and O–H groups in total. The highest BCUT2D eigenvalue weighted by atomic mass is 32.2. The molecule has 0 radical (unpaired) electrons. The van der Waals surface area contributed by atoms with Gasteiger partial charge >= 0.3 is 5.97 Å². The molecule has 0 fully saturated rings. The third kappa shape index (κ3) is 6.22. The van der Waals surface area contributed by atoms with Crippen LogP contribution in [0.25, 0.3) is 0 Å². The molecular formula is C8H14O3S. The topological polar surface area (TPSA) is 54.4 Å². The van der Waals surface area contributed by atoms with Crippen LogP contribution in [0, 0.1) is 0 Å². The van der Waals surface area contributed by atoms with E-state index in [2.05, 4.69) is 6.92 Å². The highest BCUT2D eigenvalue weighted by Crippen LogP contribution is 2.05. The van der Waals surface area contributed by atoms with Gasteiger partial charge in [-0.15, -0.1) is 0 Å². The fourth-order valence-electron chi connectivity index (χ4n) is 0.688. The van der Waals surface area contributed by atoms with E-state index >= 15 is 0 Å². The second-order valence-corrected chi connectivity index (χ2v) is 3.67. The summed E-state index contributed by atoms with van der Waals surface area (Å²) in [6.45, 7) is 2.09. The Morgan fingerprint density at radius 2 is 2.00 bits per heavy atom. The number of carboxylic acid groups (broad SMARTS) is 1. The summed E-state index contributed by atoms with van der Waals surface area (Å²) in [7, 11) is 0. The summed E-state index contributed by atoms with van der Waals surface area (Å²) in [4.78, 5) is 20.6. The first-order chi connectivity index (χ1) is 5.68. The number of aliphatic carboxylic acids is 1. The number of hydrogen-bond acceptors (Lipinski definition) is 3. The van der Waals surface area contributed by atoms with Gasteiger partial charge in [0.15, 0.2) is 0 Å². The molecule has 3 nitrogen and oxygen atoms in total. The smallest absolute Gasteiger partial charge is 0.372 e. The Bertz CT molecular complexity index is 156. The predicted molar refractivity (Wildman–Crippen MR) is 49.5 cm³/mol. The fraction of sp³-hybridized carbons (Fsp3) is 0.750. The molecule has 0 heterocycles. The molecular weight excluding hydrogens is 176 g/mol. The maximum Gasteiger partial charge on any atom is 0.372 e. The average molecular weight is 190 g/mol. The summed E-state index contributed by atoms with van der Waals surface area (Å²) in [5, 5.41) is 8.23. The van der Waals surface area contributed by atoms with Crippen LogP contribution in [0.1, 0.15) is 26.2 Å². The van der Waals surface area contributed by atoms with E-state index in [1.54, 1.807) is 11.8 Å². The number of ketones is 1. The van der Waals surface area contributed by atoms with E-state index in [0.717, 1.165) is 17.9 Å². The van der Waals surface area contributed by atoms with Crippen LogP contribution in [-0.2, 0) is 9.59 Å². The fourth-order valence-corrected chi connectivity index (χ4v) is 1.53. The van der Waals surface area contributed by atoms with Crippen molar-refractivity contribution >= 4 is 23.5 Å². The molecule has 0 unspecified atom stereocenters. The maximum absolute atomic E-state index is 10.6. The quantitative estimate of drug-likeness (QED) is 0.489. The van der Waals surface area contributed by atoms with Crippen molar-refractivity contribution in [3.63, 3.8) is 0 Å². The molecule has 0 saturated heterocycles. The van der Waals surface area contributed by atoms with Gasteiger partial charge in [0.1, 0.15) is 0 Å². The molecule has 0 aliphatic heterocycles. The highest BCUT2D eigenvalue weighted by molar-refractivity contribution is 7.99. The van der Waals surface area contributed by atoms with E-state index in [-0.39, 0.29) is 6.42 Å². The van der Waals surface area contributed by atoms with Gasteiger partial charge in [-0.25, -0.2) is 4.79 Å². The first-order valence-corrected chi connectivity index (χ1v) is 5.17. The zero-order valence-electron chi connectivity index (χ0n) is 7.21. The van der Waals surface area contributed by atoms with Gasteiger partial charge < -0.3 is 5.11 Å². The average Bonchev–Trinajstić information content (AvgIpc) is 2.03. The summed E-state index contributed by atoms with van der Waals surface area (Å²) >= 11 is 1.76. The lowest BCUT2D eigenvalue weighted by atomic mass is 10.2. The van der Waals surface area contributed by atoms with Gasteiger partial charge in [-0.05, 0) is 24.3 Å². The summed E-state index contributed by atoms with van der Waals surface area (Å²) in [6, 6.07) is 0. The number of rotatable bonds is 7. The molecule has 0 aliphatic carbocycles.